The molecular weight excluding hydrogens is 691 g/mol. The van der Waals surface area contributed by atoms with E-state index < -0.39 is 166 Å². The molecule has 0 amide bonds. The van der Waals surface area contributed by atoms with Gasteiger partial charge < -0.3 is 13.7 Å². The molecule has 0 aliphatic carbocycles. The summed E-state index contributed by atoms with van der Waals surface area (Å²) in [5, 5.41) is -1.95. The van der Waals surface area contributed by atoms with Gasteiger partial charge in [0.1, 0.15) is 0 Å². The normalized spacial score (nSPS) is 17.0. The van der Waals surface area contributed by atoms with Crippen molar-refractivity contribution in [1.29, 1.82) is 0 Å². The molecule has 266 valence electrons. The van der Waals surface area contributed by atoms with Gasteiger partial charge in [0.15, 0.2) is 0 Å². The topological polar surface area (TPSA) is 14.8 Å². The molecule has 0 spiro atoms. The van der Waals surface area contributed by atoms with Crippen LogP contribution in [0.2, 0.25) is 0 Å². The van der Waals surface area contributed by atoms with E-state index in [1.807, 2.05) is 60.7 Å². The molecule has 9 aromatic carbocycles. The molecule has 0 atom stereocenters. The molecule has 0 unspecified atom stereocenters. The Kier molecular flexibility index (Phi) is 3.81. The minimum Gasteiger partial charge on any atom is -0.309 e. The summed E-state index contributed by atoms with van der Waals surface area (Å²) >= 11 is 0. The standard InChI is InChI=1S/C54H35N3/c1-2-14-36(15-3-1)37-28-30-38(31-29-37)39-16-12-17-40(34-39)56-50-25-11-7-21-45(50)54-52(56)26-13-27-53(54)57-49-24-10-6-20-44(49)46-35-41(32-33-51(46)57)55-47-22-8-4-18-42(47)43-19-5-9-23-48(43)55/h1-35H/i4D,5D,6D,7D,8D,9D,10D,11D,13D,18D,19D,20D,21D,22D,23D,24D,25D,26D,27D,33D,35D. The highest BCUT2D eigenvalue weighted by molar-refractivity contribution is 6.17. The number of hydrogen-bond donors (Lipinski definition) is 0. The molecular formula is C54H35N3. The Morgan fingerprint density at radius 1 is 0.316 bits per heavy atom. The molecule has 0 bridgehead atoms. The van der Waals surface area contributed by atoms with Crippen molar-refractivity contribution >= 4 is 65.4 Å². The molecule has 3 heteroatoms. The minimum absolute atomic E-state index is 0.176. The van der Waals surface area contributed by atoms with Gasteiger partial charge in [-0.1, -0.05) is 145 Å². The number of hydrogen-bond acceptors (Lipinski definition) is 0. The number of aromatic nitrogens is 3. The molecule has 0 radical (unpaired) electrons. The van der Waals surface area contributed by atoms with Crippen molar-refractivity contribution in [3.05, 3.63) is 212 Å². The summed E-state index contributed by atoms with van der Waals surface area (Å²) in [5.41, 5.74) is 0.775. The van der Waals surface area contributed by atoms with Gasteiger partial charge in [-0.15, -0.1) is 0 Å². The summed E-state index contributed by atoms with van der Waals surface area (Å²) in [7, 11) is 0. The summed E-state index contributed by atoms with van der Waals surface area (Å²) in [6.45, 7) is 0. The van der Waals surface area contributed by atoms with Crippen LogP contribution in [0.4, 0.5) is 0 Å². The van der Waals surface area contributed by atoms with Crippen molar-refractivity contribution < 1.29 is 28.8 Å². The Balaban J connectivity index is 1.25. The molecule has 0 aliphatic heterocycles. The Morgan fingerprint density at radius 2 is 0.807 bits per heavy atom. The largest absolute Gasteiger partial charge is 0.309 e. The maximum atomic E-state index is 10.1. The van der Waals surface area contributed by atoms with Crippen molar-refractivity contribution in [2.45, 2.75) is 0 Å². The van der Waals surface area contributed by atoms with Crippen LogP contribution in [0.25, 0.3) is 105 Å². The highest BCUT2D eigenvalue weighted by Crippen LogP contribution is 2.41. The third kappa shape index (κ3) is 4.79. The predicted molar refractivity (Wildman–Crippen MR) is 240 cm³/mol. The molecule has 0 N–H and O–H groups in total. The first-order chi connectivity index (χ1) is 37.0. The van der Waals surface area contributed by atoms with E-state index in [1.54, 1.807) is 18.2 Å². The highest BCUT2D eigenvalue weighted by atomic mass is 15.0. The van der Waals surface area contributed by atoms with E-state index in [0.29, 0.717) is 5.56 Å². The molecule has 57 heavy (non-hydrogen) atoms. The first kappa shape index (κ1) is 17.5. The number of benzene rings is 9. The van der Waals surface area contributed by atoms with E-state index >= 15 is 0 Å². The maximum Gasteiger partial charge on any atom is 0.0652 e. The zero-order valence-corrected chi connectivity index (χ0v) is 29.4. The number of rotatable bonds is 5. The summed E-state index contributed by atoms with van der Waals surface area (Å²) in [4.78, 5) is 0. The van der Waals surface area contributed by atoms with Crippen molar-refractivity contribution in [3.8, 4) is 39.3 Å². The van der Waals surface area contributed by atoms with E-state index in [1.165, 1.54) is 4.57 Å². The lowest BCUT2D eigenvalue weighted by Gasteiger charge is -2.13. The van der Waals surface area contributed by atoms with E-state index in [9.17, 15) is 12.3 Å². The van der Waals surface area contributed by atoms with Crippen LogP contribution >= 0.6 is 0 Å². The molecule has 0 aliphatic rings. The lowest BCUT2D eigenvalue weighted by atomic mass is 10.00. The van der Waals surface area contributed by atoms with Gasteiger partial charge in [-0.2, -0.15) is 0 Å². The second kappa shape index (κ2) is 12.5. The Labute approximate surface area is 359 Å². The van der Waals surface area contributed by atoms with E-state index in [4.69, 9.17) is 16.4 Å². The fourth-order valence-corrected chi connectivity index (χ4v) is 7.86. The first-order valence-corrected chi connectivity index (χ1v) is 17.9. The second-order valence-corrected chi connectivity index (χ2v) is 13.4. The summed E-state index contributed by atoms with van der Waals surface area (Å²) < 4.78 is 196. The average Bonchev–Trinajstić information content (AvgIpc) is 3.53. The quantitative estimate of drug-likeness (QED) is 0.167. The van der Waals surface area contributed by atoms with Crippen LogP contribution in [0.1, 0.15) is 28.8 Å². The summed E-state index contributed by atoms with van der Waals surface area (Å²) in [5.74, 6) is 0. The van der Waals surface area contributed by atoms with Gasteiger partial charge in [0.05, 0.1) is 67.6 Å². The SMILES string of the molecule is [2H]c1c([2H])c([2H])c2c(c1[2H])c1c(-n3c4c([2H])cc(-n5c6c([2H])c([2H])c([2H])c([2H])c6c6c([2H])c([2H])c([2H])c([2H])c65)c([2H])c4c4c([2H])c([2H])c([2H])c([2H])c43)c([2H])c([2H])c([2H])c1n2-c1cccc(-c2ccc(-c3ccccc3)cc2)c1. The van der Waals surface area contributed by atoms with Crippen molar-refractivity contribution in [2.75, 3.05) is 0 Å². The maximum absolute atomic E-state index is 10.1. The van der Waals surface area contributed by atoms with Crippen LogP contribution in [-0.2, 0) is 0 Å². The van der Waals surface area contributed by atoms with E-state index in [2.05, 4.69) is 0 Å². The zero-order valence-electron chi connectivity index (χ0n) is 50.4. The zero-order chi connectivity index (χ0) is 55.7. The lowest BCUT2D eigenvalue weighted by Crippen LogP contribution is -1.97. The molecule has 12 rings (SSSR count). The number of fused-ring (bicyclic) bond motifs is 9. The van der Waals surface area contributed by atoms with Gasteiger partial charge in [-0.3, -0.25) is 0 Å². The third-order valence-electron chi connectivity index (χ3n) is 10.3. The number of nitrogens with zero attached hydrogens (tertiary/aromatic N) is 3. The van der Waals surface area contributed by atoms with Crippen LogP contribution in [0.15, 0.2) is 212 Å². The van der Waals surface area contributed by atoms with Gasteiger partial charge in [-0.25, -0.2) is 0 Å². The van der Waals surface area contributed by atoms with Gasteiger partial charge in [0.25, 0.3) is 0 Å². The summed E-state index contributed by atoms with van der Waals surface area (Å²) in [6.07, 6.45) is 0. The van der Waals surface area contributed by atoms with Crippen LogP contribution in [0.5, 0.6) is 0 Å². The minimum atomic E-state index is -0.798. The van der Waals surface area contributed by atoms with Crippen molar-refractivity contribution in [1.82, 2.24) is 13.7 Å². The predicted octanol–water partition coefficient (Wildman–Crippen LogP) is 14.3. The Morgan fingerprint density at radius 3 is 1.49 bits per heavy atom. The highest BCUT2D eigenvalue weighted by Gasteiger charge is 2.21. The molecule has 3 nitrogen and oxygen atoms in total. The molecule has 0 fully saturated rings. The lowest BCUT2D eigenvalue weighted by molar-refractivity contribution is 1.16. The Bertz CT molecular complexity index is 4660. The fourth-order valence-electron chi connectivity index (χ4n) is 7.86. The van der Waals surface area contributed by atoms with Crippen LogP contribution in [0.3, 0.4) is 0 Å². The number of para-hydroxylation sites is 4. The second-order valence-electron chi connectivity index (χ2n) is 13.4. The van der Waals surface area contributed by atoms with Gasteiger partial charge in [-0.05, 0) is 88.8 Å². The van der Waals surface area contributed by atoms with E-state index in [-0.39, 0.29) is 43.8 Å². The van der Waals surface area contributed by atoms with Crippen molar-refractivity contribution in [2.24, 2.45) is 0 Å². The Hall–Kier alpha value is -7.62. The van der Waals surface area contributed by atoms with Gasteiger partial charge in [0, 0.05) is 43.7 Å². The van der Waals surface area contributed by atoms with Crippen LogP contribution in [0, 0.1) is 0 Å². The smallest absolute Gasteiger partial charge is 0.0652 e. The first-order valence-electron chi connectivity index (χ1n) is 28.4. The fraction of sp³-hybridized carbons (Fsp3) is 0. The molecule has 12 aromatic rings. The molecule has 3 heterocycles. The molecule has 0 saturated carbocycles. The van der Waals surface area contributed by atoms with Crippen LogP contribution in [-0.4, -0.2) is 13.7 Å². The molecule has 0 saturated heterocycles. The third-order valence-corrected chi connectivity index (χ3v) is 10.3. The van der Waals surface area contributed by atoms with Gasteiger partial charge >= 0.3 is 0 Å². The monoisotopic (exact) mass is 746 g/mol. The summed E-state index contributed by atoms with van der Waals surface area (Å²) in [6, 6.07) is 10.7. The van der Waals surface area contributed by atoms with Crippen molar-refractivity contribution in [3.63, 3.8) is 0 Å². The van der Waals surface area contributed by atoms with E-state index in [0.717, 1.165) is 31.9 Å². The average molecular weight is 747 g/mol. The van der Waals surface area contributed by atoms with Gasteiger partial charge in [0.2, 0.25) is 0 Å². The van der Waals surface area contributed by atoms with Crippen LogP contribution < -0.4 is 0 Å². The molecule has 3 aromatic heterocycles.